The molecule has 7 nitrogen and oxygen atoms in total. The van der Waals surface area contributed by atoms with Crippen LogP contribution < -0.4 is 10.1 Å². The number of rotatable bonds is 5. The van der Waals surface area contributed by atoms with Crippen LogP contribution in [0.3, 0.4) is 0 Å². The lowest BCUT2D eigenvalue weighted by Gasteiger charge is -2.27. The summed E-state index contributed by atoms with van der Waals surface area (Å²) in [7, 11) is 1.54. The Bertz CT molecular complexity index is 872. The van der Waals surface area contributed by atoms with Crippen molar-refractivity contribution in [2.24, 2.45) is 0 Å². The van der Waals surface area contributed by atoms with Gasteiger partial charge >= 0.3 is 5.97 Å². The Kier molecular flexibility index (Phi) is 4.95. The molecule has 1 amide bonds. The topological polar surface area (TPSA) is 93.5 Å². The van der Waals surface area contributed by atoms with Crippen molar-refractivity contribution in [3.05, 3.63) is 46.8 Å². The first-order valence-electron chi connectivity index (χ1n) is 9.06. The van der Waals surface area contributed by atoms with Gasteiger partial charge < -0.3 is 15.2 Å². The summed E-state index contributed by atoms with van der Waals surface area (Å²) in [5.74, 6) is -0.926. The van der Waals surface area contributed by atoms with Gasteiger partial charge in [-0.25, -0.2) is 4.79 Å². The van der Waals surface area contributed by atoms with E-state index in [4.69, 9.17) is 4.74 Å². The largest absolute Gasteiger partial charge is 0.497 e. The number of methoxy groups -OCH3 is 1. The third-order valence-electron chi connectivity index (χ3n) is 5.32. The number of aromatic nitrogens is 2. The van der Waals surface area contributed by atoms with E-state index in [1.807, 2.05) is 4.68 Å². The summed E-state index contributed by atoms with van der Waals surface area (Å²) >= 11 is 0. The van der Waals surface area contributed by atoms with Gasteiger partial charge in [-0.15, -0.1) is 0 Å². The Morgan fingerprint density at radius 2 is 2.00 bits per heavy atom. The van der Waals surface area contributed by atoms with Crippen LogP contribution >= 0.6 is 0 Å². The van der Waals surface area contributed by atoms with E-state index < -0.39 is 17.4 Å². The number of carboxylic acid groups (broad SMARTS) is 1. The molecule has 3 rings (SSSR count). The number of benzene rings is 1. The number of nitrogens with zero attached hydrogens (tertiary/aromatic N) is 2. The number of aryl methyl sites for hydroxylation is 1. The minimum absolute atomic E-state index is 0.237. The van der Waals surface area contributed by atoms with E-state index in [1.54, 1.807) is 38.3 Å². The Balaban J connectivity index is 1.96. The van der Waals surface area contributed by atoms with Gasteiger partial charge in [-0.05, 0) is 57.7 Å². The molecule has 7 heteroatoms. The van der Waals surface area contributed by atoms with Crippen LogP contribution in [0.4, 0.5) is 0 Å². The third kappa shape index (κ3) is 3.29. The first kappa shape index (κ1) is 18.9. The number of carbonyl (C=O) groups is 2. The van der Waals surface area contributed by atoms with Crippen LogP contribution in [0, 0.1) is 6.92 Å². The zero-order valence-electron chi connectivity index (χ0n) is 16.1. The van der Waals surface area contributed by atoms with Crippen molar-refractivity contribution in [1.82, 2.24) is 15.1 Å². The maximum atomic E-state index is 13.1. The summed E-state index contributed by atoms with van der Waals surface area (Å²) in [5, 5.41) is 17.1. The minimum atomic E-state index is -1.56. The molecule has 0 fully saturated rings. The highest BCUT2D eigenvalue weighted by molar-refractivity contribution is 5.99. The number of fused-ring (bicyclic) bond motifs is 1. The van der Waals surface area contributed by atoms with Crippen molar-refractivity contribution in [2.75, 3.05) is 7.11 Å². The maximum absolute atomic E-state index is 13.1. The van der Waals surface area contributed by atoms with E-state index in [1.165, 1.54) is 6.92 Å². The highest BCUT2D eigenvalue weighted by Crippen LogP contribution is 2.30. The minimum Gasteiger partial charge on any atom is -0.497 e. The lowest BCUT2D eigenvalue weighted by Crippen LogP contribution is -2.49. The molecule has 1 aromatic carbocycles. The number of carboxylic acids is 1. The van der Waals surface area contributed by atoms with Gasteiger partial charge in [0.05, 0.1) is 24.1 Å². The van der Waals surface area contributed by atoms with Gasteiger partial charge in [0.25, 0.3) is 5.91 Å². The molecular formula is C20H25N3O4. The van der Waals surface area contributed by atoms with Crippen LogP contribution in [0.2, 0.25) is 0 Å². The average molecular weight is 371 g/mol. The van der Waals surface area contributed by atoms with Crippen molar-refractivity contribution in [1.29, 1.82) is 0 Å². The van der Waals surface area contributed by atoms with Crippen molar-refractivity contribution in [2.45, 2.75) is 51.6 Å². The Morgan fingerprint density at radius 1 is 1.33 bits per heavy atom. The lowest BCUT2D eigenvalue weighted by atomic mass is 9.91. The molecule has 1 aliphatic rings. The van der Waals surface area contributed by atoms with Crippen LogP contribution in [0.5, 0.6) is 5.75 Å². The van der Waals surface area contributed by atoms with Crippen LogP contribution in [0.25, 0.3) is 0 Å². The molecule has 144 valence electrons. The van der Waals surface area contributed by atoms with Crippen LogP contribution in [0.15, 0.2) is 24.3 Å². The first-order chi connectivity index (χ1) is 12.8. The molecule has 0 radical (unpaired) electrons. The Hall–Kier alpha value is -2.83. The summed E-state index contributed by atoms with van der Waals surface area (Å²) in [6, 6.07) is 6.89. The van der Waals surface area contributed by atoms with Crippen molar-refractivity contribution >= 4 is 11.9 Å². The molecule has 2 aromatic rings. The predicted molar refractivity (Wildman–Crippen MR) is 100 cm³/mol. The van der Waals surface area contributed by atoms with E-state index in [0.29, 0.717) is 22.6 Å². The molecule has 1 aromatic heterocycles. The van der Waals surface area contributed by atoms with Gasteiger partial charge in [0.1, 0.15) is 5.75 Å². The highest BCUT2D eigenvalue weighted by atomic mass is 16.5. The maximum Gasteiger partial charge on any atom is 0.333 e. The molecule has 2 N–H and O–H groups in total. The summed E-state index contributed by atoms with van der Waals surface area (Å²) in [6.07, 6.45) is 2.77. The molecule has 0 bridgehead atoms. The Labute approximate surface area is 158 Å². The lowest BCUT2D eigenvalue weighted by molar-refractivity contribution is -0.144. The van der Waals surface area contributed by atoms with Crippen LogP contribution in [0.1, 0.15) is 60.0 Å². The number of ether oxygens (including phenoxy) is 1. The molecule has 2 atom stereocenters. The number of carbonyl (C=O) groups excluding carboxylic acids is 1. The number of hydrogen-bond donors (Lipinski definition) is 2. The number of nitrogens with one attached hydrogen (secondary N) is 1. The third-order valence-corrected chi connectivity index (χ3v) is 5.32. The monoisotopic (exact) mass is 371 g/mol. The molecule has 1 aliphatic heterocycles. The van der Waals surface area contributed by atoms with Crippen LogP contribution in [-0.2, 0) is 16.8 Å². The first-order valence-corrected chi connectivity index (χ1v) is 9.06. The second kappa shape index (κ2) is 7.06. The van der Waals surface area contributed by atoms with Crippen molar-refractivity contribution in [3.8, 4) is 5.75 Å². The normalized spacial score (nSPS) is 18.3. The van der Waals surface area contributed by atoms with E-state index in [9.17, 15) is 14.7 Å². The van der Waals surface area contributed by atoms with Crippen molar-refractivity contribution < 1.29 is 19.4 Å². The number of hydrogen-bond acceptors (Lipinski definition) is 4. The highest BCUT2D eigenvalue weighted by Gasteiger charge is 2.39. The Morgan fingerprint density at radius 3 is 2.59 bits per heavy atom. The smallest absolute Gasteiger partial charge is 0.333 e. The van der Waals surface area contributed by atoms with Gasteiger partial charge in [-0.3, -0.25) is 9.48 Å². The molecule has 2 heterocycles. The molecular weight excluding hydrogens is 346 g/mol. The second-order valence-corrected chi connectivity index (χ2v) is 7.21. The number of amides is 1. The summed E-state index contributed by atoms with van der Waals surface area (Å²) in [4.78, 5) is 25.1. The zero-order valence-corrected chi connectivity index (χ0v) is 16.1. The van der Waals surface area contributed by atoms with Crippen molar-refractivity contribution in [3.63, 3.8) is 0 Å². The van der Waals surface area contributed by atoms with Gasteiger partial charge in [0.2, 0.25) is 0 Å². The molecule has 0 aliphatic carbocycles. The summed E-state index contributed by atoms with van der Waals surface area (Å²) in [5.41, 5.74) is 0.897. The molecule has 0 saturated carbocycles. The predicted octanol–water partition coefficient (Wildman–Crippen LogP) is 2.83. The van der Waals surface area contributed by atoms with Crippen LogP contribution in [-0.4, -0.2) is 33.9 Å². The number of aliphatic carboxylic acids is 1. The van der Waals surface area contributed by atoms with E-state index in [-0.39, 0.29) is 6.04 Å². The van der Waals surface area contributed by atoms with Gasteiger partial charge in [0, 0.05) is 6.04 Å². The fourth-order valence-corrected chi connectivity index (χ4v) is 3.65. The standard InChI is InChI=1S/C20H25N3O4/c1-12-6-5-7-16-17(13(2)22-23(12)16)18(24)21-20(3,19(25)26)14-8-10-15(27-4)11-9-14/h8-12H,5-7H2,1-4H3,(H,21,24)(H,25,26). The molecule has 0 spiro atoms. The fraction of sp³-hybridized carbons (Fsp3) is 0.450. The molecule has 27 heavy (non-hydrogen) atoms. The molecule has 0 saturated heterocycles. The van der Waals surface area contributed by atoms with E-state index in [0.717, 1.165) is 25.0 Å². The van der Waals surface area contributed by atoms with E-state index in [2.05, 4.69) is 17.3 Å². The quantitative estimate of drug-likeness (QED) is 0.843. The van der Waals surface area contributed by atoms with Gasteiger partial charge in [0.15, 0.2) is 5.54 Å². The summed E-state index contributed by atoms with van der Waals surface area (Å²) in [6.45, 7) is 5.36. The summed E-state index contributed by atoms with van der Waals surface area (Å²) < 4.78 is 7.03. The van der Waals surface area contributed by atoms with Gasteiger partial charge in [-0.1, -0.05) is 12.1 Å². The van der Waals surface area contributed by atoms with E-state index >= 15 is 0 Å². The SMILES string of the molecule is COc1ccc(C(C)(NC(=O)c2c(C)nn3c2CCCC3C)C(=O)O)cc1. The molecule has 2 unspecified atom stereocenters. The average Bonchev–Trinajstić information content (AvgIpc) is 2.99. The second-order valence-electron chi connectivity index (χ2n) is 7.21. The fourth-order valence-electron chi connectivity index (χ4n) is 3.65. The zero-order chi connectivity index (χ0) is 19.8. The van der Waals surface area contributed by atoms with Gasteiger partial charge in [-0.2, -0.15) is 5.10 Å².